The van der Waals surface area contributed by atoms with Gasteiger partial charge in [-0.3, -0.25) is 4.79 Å². The van der Waals surface area contributed by atoms with Crippen LogP contribution in [0.25, 0.3) is 0 Å². The molecule has 2 aromatic rings. The summed E-state index contributed by atoms with van der Waals surface area (Å²) >= 11 is 1.72. The van der Waals surface area contributed by atoms with E-state index in [0.29, 0.717) is 6.54 Å². The van der Waals surface area contributed by atoms with Crippen molar-refractivity contribution >= 4 is 17.2 Å². The van der Waals surface area contributed by atoms with Crippen LogP contribution in [-0.2, 0) is 19.4 Å². The van der Waals surface area contributed by atoms with Gasteiger partial charge in [0, 0.05) is 25.0 Å². The van der Waals surface area contributed by atoms with Gasteiger partial charge in [-0.05, 0) is 25.3 Å². The Balaban J connectivity index is 1.89. The van der Waals surface area contributed by atoms with Crippen molar-refractivity contribution in [3.63, 3.8) is 0 Å². The molecular formula is C13H16N4OS. The van der Waals surface area contributed by atoms with Crippen LogP contribution in [0.3, 0.4) is 0 Å². The van der Waals surface area contributed by atoms with E-state index in [4.69, 9.17) is 0 Å². The summed E-state index contributed by atoms with van der Waals surface area (Å²) in [7, 11) is 3.82. The van der Waals surface area contributed by atoms with Crippen LogP contribution in [0.1, 0.15) is 22.0 Å². The fourth-order valence-corrected chi connectivity index (χ4v) is 3.37. The minimum Gasteiger partial charge on any atom is -0.361 e. The third-order valence-corrected chi connectivity index (χ3v) is 4.38. The lowest BCUT2D eigenvalue weighted by molar-refractivity contribution is 0.633. The summed E-state index contributed by atoms with van der Waals surface area (Å²) in [5.41, 5.74) is 1.14. The van der Waals surface area contributed by atoms with Gasteiger partial charge in [0.15, 0.2) is 0 Å². The fourth-order valence-electron chi connectivity index (χ4n) is 2.23. The van der Waals surface area contributed by atoms with Gasteiger partial charge in [-0.15, -0.1) is 11.3 Å². The Morgan fingerprint density at radius 1 is 1.37 bits per heavy atom. The first-order valence-corrected chi connectivity index (χ1v) is 7.18. The van der Waals surface area contributed by atoms with E-state index in [1.54, 1.807) is 23.5 Å². The van der Waals surface area contributed by atoms with E-state index in [0.717, 1.165) is 23.7 Å². The van der Waals surface area contributed by atoms with Crippen molar-refractivity contribution in [3.8, 4) is 0 Å². The highest BCUT2D eigenvalue weighted by atomic mass is 32.1. The van der Waals surface area contributed by atoms with Crippen molar-refractivity contribution in [3.05, 3.63) is 38.1 Å². The smallest absolute Gasteiger partial charge is 0.267 e. The molecule has 0 N–H and O–H groups in total. The molecule has 0 unspecified atom stereocenters. The van der Waals surface area contributed by atoms with Crippen LogP contribution in [0.2, 0.25) is 0 Å². The van der Waals surface area contributed by atoms with Gasteiger partial charge in [0.2, 0.25) is 0 Å². The Morgan fingerprint density at radius 2 is 2.21 bits per heavy atom. The molecule has 19 heavy (non-hydrogen) atoms. The van der Waals surface area contributed by atoms with Gasteiger partial charge >= 0.3 is 0 Å². The minimum atomic E-state index is -0.0824. The first-order valence-electron chi connectivity index (χ1n) is 6.36. The molecule has 2 heterocycles. The van der Waals surface area contributed by atoms with Gasteiger partial charge in [-0.1, -0.05) is 0 Å². The van der Waals surface area contributed by atoms with Gasteiger partial charge in [-0.25, -0.2) is 9.67 Å². The molecule has 0 bridgehead atoms. The standard InChI is InChI=1S/C13H16N4OS/c1-16(2)11-6-7-13(18)17(15-11)8-12-14-9-4-3-5-10(9)19-12/h6-7H,3-5,8H2,1-2H3. The summed E-state index contributed by atoms with van der Waals surface area (Å²) in [6.45, 7) is 0.470. The van der Waals surface area contributed by atoms with Gasteiger partial charge in [0.25, 0.3) is 5.56 Å². The van der Waals surface area contributed by atoms with Crippen molar-refractivity contribution in [2.75, 3.05) is 19.0 Å². The minimum absolute atomic E-state index is 0.0824. The summed E-state index contributed by atoms with van der Waals surface area (Å²) < 4.78 is 1.49. The highest BCUT2D eigenvalue weighted by molar-refractivity contribution is 7.11. The number of thiazole rings is 1. The Hall–Kier alpha value is -1.69. The summed E-state index contributed by atoms with van der Waals surface area (Å²) in [5.74, 6) is 0.781. The highest BCUT2D eigenvalue weighted by Gasteiger charge is 2.17. The number of rotatable bonds is 3. The predicted octanol–water partition coefficient (Wildman–Crippen LogP) is 1.30. The molecule has 0 aromatic carbocycles. The van der Waals surface area contributed by atoms with Crippen molar-refractivity contribution in [1.82, 2.24) is 14.8 Å². The number of hydrogen-bond donors (Lipinski definition) is 0. The largest absolute Gasteiger partial charge is 0.361 e. The molecule has 0 radical (unpaired) electrons. The molecule has 0 amide bonds. The van der Waals surface area contributed by atoms with Gasteiger partial charge in [0.1, 0.15) is 10.8 Å². The van der Waals surface area contributed by atoms with Crippen molar-refractivity contribution in [1.29, 1.82) is 0 Å². The molecule has 2 aromatic heterocycles. The first kappa shape index (κ1) is 12.3. The van der Waals surface area contributed by atoms with Crippen LogP contribution in [0, 0.1) is 0 Å². The fraction of sp³-hybridized carbons (Fsp3) is 0.462. The lowest BCUT2D eigenvalue weighted by Crippen LogP contribution is -2.25. The Labute approximate surface area is 115 Å². The zero-order chi connectivity index (χ0) is 13.4. The van der Waals surface area contributed by atoms with E-state index < -0.39 is 0 Å². The van der Waals surface area contributed by atoms with E-state index >= 15 is 0 Å². The molecule has 0 spiro atoms. The molecule has 1 aliphatic carbocycles. The normalized spacial score (nSPS) is 13.6. The Bertz CT molecular complexity index is 637. The van der Waals surface area contributed by atoms with E-state index in [2.05, 4.69) is 10.1 Å². The maximum Gasteiger partial charge on any atom is 0.267 e. The number of nitrogens with zero attached hydrogens (tertiary/aromatic N) is 4. The molecule has 5 nitrogen and oxygen atoms in total. The second-order valence-electron chi connectivity index (χ2n) is 4.91. The zero-order valence-electron chi connectivity index (χ0n) is 11.1. The van der Waals surface area contributed by atoms with Crippen molar-refractivity contribution < 1.29 is 0 Å². The average molecular weight is 276 g/mol. The van der Waals surface area contributed by atoms with Crippen molar-refractivity contribution in [2.24, 2.45) is 0 Å². The van der Waals surface area contributed by atoms with E-state index in [-0.39, 0.29) is 5.56 Å². The third-order valence-electron chi connectivity index (χ3n) is 3.24. The first-order chi connectivity index (χ1) is 9.13. The molecule has 0 aliphatic heterocycles. The quantitative estimate of drug-likeness (QED) is 0.848. The second-order valence-corrected chi connectivity index (χ2v) is 6.08. The molecule has 100 valence electrons. The number of aryl methyl sites for hydroxylation is 2. The third kappa shape index (κ3) is 2.40. The number of fused-ring (bicyclic) bond motifs is 1. The molecule has 0 saturated heterocycles. The van der Waals surface area contributed by atoms with Crippen LogP contribution in [0.15, 0.2) is 16.9 Å². The second kappa shape index (κ2) is 4.77. The Kier molecular flexibility index (Phi) is 3.10. The van der Waals surface area contributed by atoms with Crippen molar-refractivity contribution in [2.45, 2.75) is 25.8 Å². The highest BCUT2D eigenvalue weighted by Crippen LogP contribution is 2.27. The van der Waals surface area contributed by atoms with Gasteiger partial charge < -0.3 is 4.90 Å². The topological polar surface area (TPSA) is 51.0 Å². The summed E-state index contributed by atoms with van der Waals surface area (Å²) in [6, 6.07) is 3.30. The van der Waals surface area contributed by atoms with Crippen LogP contribution in [-0.4, -0.2) is 28.9 Å². The number of anilines is 1. The van der Waals surface area contributed by atoms with E-state index in [1.165, 1.54) is 21.7 Å². The lowest BCUT2D eigenvalue weighted by Gasteiger charge is -2.12. The molecule has 0 atom stereocenters. The summed E-state index contributed by atoms with van der Waals surface area (Å²) in [6.07, 6.45) is 3.42. The number of aromatic nitrogens is 3. The monoisotopic (exact) mass is 276 g/mol. The molecule has 0 fully saturated rings. The number of hydrogen-bond acceptors (Lipinski definition) is 5. The summed E-state index contributed by atoms with van der Waals surface area (Å²) in [5, 5.41) is 5.33. The van der Waals surface area contributed by atoms with Crippen LogP contribution < -0.4 is 10.5 Å². The maximum absolute atomic E-state index is 11.8. The SMILES string of the molecule is CN(C)c1ccc(=O)n(Cc2nc3c(s2)CCC3)n1. The van der Waals surface area contributed by atoms with Crippen LogP contribution >= 0.6 is 11.3 Å². The molecule has 0 saturated carbocycles. The van der Waals surface area contributed by atoms with Crippen LogP contribution in [0.5, 0.6) is 0 Å². The Morgan fingerprint density at radius 3 is 2.95 bits per heavy atom. The van der Waals surface area contributed by atoms with Crippen LogP contribution in [0.4, 0.5) is 5.82 Å². The molecule has 6 heteroatoms. The average Bonchev–Trinajstić information content (AvgIpc) is 2.92. The zero-order valence-corrected chi connectivity index (χ0v) is 11.9. The lowest BCUT2D eigenvalue weighted by atomic mass is 10.4. The molecule has 1 aliphatic rings. The molecular weight excluding hydrogens is 260 g/mol. The maximum atomic E-state index is 11.8. The summed E-state index contributed by atoms with van der Waals surface area (Å²) in [4.78, 5) is 19.7. The van der Waals surface area contributed by atoms with E-state index in [9.17, 15) is 4.79 Å². The van der Waals surface area contributed by atoms with Gasteiger partial charge in [0.05, 0.1) is 12.2 Å². The van der Waals surface area contributed by atoms with E-state index in [1.807, 2.05) is 19.0 Å². The van der Waals surface area contributed by atoms with Gasteiger partial charge in [-0.2, -0.15) is 5.10 Å². The molecule has 3 rings (SSSR count). The predicted molar refractivity (Wildman–Crippen MR) is 76.1 cm³/mol.